The van der Waals surface area contributed by atoms with Gasteiger partial charge in [-0.2, -0.15) is 13.2 Å². The average Bonchev–Trinajstić information content (AvgIpc) is 2.42. The summed E-state index contributed by atoms with van der Waals surface area (Å²) in [7, 11) is 0. The van der Waals surface area contributed by atoms with Gasteiger partial charge < -0.3 is 4.74 Å². The van der Waals surface area contributed by atoms with E-state index < -0.39 is 17.3 Å². The smallest absolute Gasteiger partial charge is 0.417 e. The monoisotopic (exact) mass is 294 g/mol. The molecule has 0 bridgehead atoms. The van der Waals surface area contributed by atoms with Crippen molar-refractivity contribution in [2.24, 2.45) is 0 Å². The van der Waals surface area contributed by atoms with E-state index in [-0.39, 0.29) is 12.0 Å². The minimum atomic E-state index is -4.60. The van der Waals surface area contributed by atoms with Crippen LogP contribution in [-0.2, 0) is 6.18 Å². The third-order valence-corrected chi connectivity index (χ3v) is 3.03. The van der Waals surface area contributed by atoms with E-state index in [0.717, 1.165) is 23.3 Å². The molecule has 0 aromatic heterocycles. The topological polar surface area (TPSA) is 26.3 Å². The fraction of sp³-hybridized carbons (Fsp3) is 0.188. The Bertz CT molecular complexity index is 676. The molecular weight excluding hydrogens is 281 g/mol. The molecule has 21 heavy (non-hydrogen) atoms. The molecule has 0 saturated carbocycles. The molecule has 2 aromatic rings. The van der Waals surface area contributed by atoms with Crippen molar-refractivity contribution in [2.45, 2.75) is 20.0 Å². The third kappa shape index (κ3) is 3.42. The zero-order valence-electron chi connectivity index (χ0n) is 11.5. The summed E-state index contributed by atoms with van der Waals surface area (Å²) in [6.45, 7) is 3.67. The Morgan fingerprint density at radius 3 is 2.38 bits per heavy atom. The number of hydrogen-bond acceptors (Lipinski definition) is 2. The van der Waals surface area contributed by atoms with E-state index in [1.165, 1.54) is 6.07 Å². The summed E-state index contributed by atoms with van der Waals surface area (Å²) in [5.41, 5.74) is 0.348. The van der Waals surface area contributed by atoms with Gasteiger partial charge in [0.15, 0.2) is 6.29 Å². The molecule has 110 valence electrons. The number of alkyl halides is 3. The van der Waals surface area contributed by atoms with Crippen LogP contribution in [0.4, 0.5) is 13.2 Å². The number of halogens is 3. The molecule has 0 heterocycles. The largest absolute Gasteiger partial charge is 0.457 e. The number of carbonyl (C=O) groups is 1. The van der Waals surface area contributed by atoms with Gasteiger partial charge in [0.2, 0.25) is 0 Å². The Balaban J connectivity index is 2.42. The van der Waals surface area contributed by atoms with E-state index in [4.69, 9.17) is 4.74 Å². The number of aryl methyl sites for hydroxylation is 2. The molecule has 5 heteroatoms. The van der Waals surface area contributed by atoms with Crippen molar-refractivity contribution in [3.05, 3.63) is 58.7 Å². The fourth-order valence-electron chi connectivity index (χ4n) is 1.89. The van der Waals surface area contributed by atoms with Crippen molar-refractivity contribution in [3.8, 4) is 11.5 Å². The first kappa shape index (κ1) is 15.1. The second-order valence-electron chi connectivity index (χ2n) is 4.74. The molecule has 0 amide bonds. The van der Waals surface area contributed by atoms with Crippen molar-refractivity contribution in [1.29, 1.82) is 0 Å². The van der Waals surface area contributed by atoms with Gasteiger partial charge in [-0.25, -0.2) is 0 Å². The molecule has 0 atom stereocenters. The van der Waals surface area contributed by atoms with Crippen LogP contribution in [0, 0.1) is 13.8 Å². The van der Waals surface area contributed by atoms with Crippen molar-refractivity contribution in [2.75, 3.05) is 0 Å². The summed E-state index contributed by atoms with van der Waals surface area (Å²) in [5.74, 6) is 0.531. The molecule has 0 radical (unpaired) electrons. The van der Waals surface area contributed by atoms with Crippen LogP contribution >= 0.6 is 0 Å². The zero-order chi connectivity index (χ0) is 15.6. The first-order valence-corrected chi connectivity index (χ1v) is 6.23. The van der Waals surface area contributed by atoms with Gasteiger partial charge in [0, 0.05) is 5.56 Å². The van der Waals surface area contributed by atoms with Gasteiger partial charge in [0.25, 0.3) is 0 Å². The highest BCUT2D eigenvalue weighted by Crippen LogP contribution is 2.35. The van der Waals surface area contributed by atoms with Gasteiger partial charge in [0.05, 0.1) is 5.56 Å². The molecule has 2 nitrogen and oxygen atoms in total. The Morgan fingerprint density at radius 2 is 1.76 bits per heavy atom. The lowest BCUT2D eigenvalue weighted by Gasteiger charge is -2.13. The highest BCUT2D eigenvalue weighted by Gasteiger charge is 2.33. The van der Waals surface area contributed by atoms with Crippen molar-refractivity contribution in [1.82, 2.24) is 0 Å². The molecule has 2 rings (SSSR count). The number of aldehydes is 1. The molecule has 0 aliphatic carbocycles. The van der Waals surface area contributed by atoms with Gasteiger partial charge in [-0.3, -0.25) is 4.79 Å². The SMILES string of the molecule is Cc1ccc(C)c(Oc2ccc(C=O)c(C(F)(F)F)c2)c1. The second-order valence-corrected chi connectivity index (χ2v) is 4.74. The molecule has 0 spiro atoms. The van der Waals surface area contributed by atoms with Crippen molar-refractivity contribution < 1.29 is 22.7 Å². The molecule has 0 N–H and O–H groups in total. The van der Waals surface area contributed by atoms with Crippen LogP contribution in [0.5, 0.6) is 11.5 Å². The number of hydrogen-bond donors (Lipinski definition) is 0. The van der Waals surface area contributed by atoms with E-state index >= 15 is 0 Å². The summed E-state index contributed by atoms with van der Waals surface area (Å²) >= 11 is 0. The maximum Gasteiger partial charge on any atom is 0.417 e. The number of ether oxygens (including phenoxy) is 1. The van der Waals surface area contributed by atoms with Gasteiger partial charge in [0.1, 0.15) is 11.5 Å². The second kappa shape index (κ2) is 5.60. The minimum Gasteiger partial charge on any atom is -0.457 e. The summed E-state index contributed by atoms with van der Waals surface area (Å²) in [6, 6.07) is 8.76. The average molecular weight is 294 g/mol. The fourth-order valence-corrected chi connectivity index (χ4v) is 1.89. The first-order chi connectivity index (χ1) is 9.81. The molecule has 0 unspecified atom stereocenters. The maximum absolute atomic E-state index is 12.9. The van der Waals surface area contributed by atoms with E-state index in [0.29, 0.717) is 5.75 Å². The Morgan fingerprint density at radius 1 is 1.05 bits per heavy atom. The van der Waals surface area contributed by atoms with Crippen LogP contribution in [0.3, 0.4) is 0 Å². The summed E-state index contributed by atoms with van der Waals surface area (Å²) < 4.78 is 44.2. The van der Waals surface area contributed by atoms with E-state index in [9.17, 15) is 18.0 Å². The predicted octanol–water partition coefficient (Wildman–Crippen LogP) is 4.93. The molecular formula is C16H13F3O2. The normalized spacial score (nSPS) is 11.3. The predicted molar refractivity (Wildman–Crippen MR) is 72.8 cm³/mol. The minimum absolute atomic E-state index is 0.0432. The molecule has 0 aliphatic heterocycles. The van der Waals surface area contributed by atoms with Crippen LogP contribution in [0.1, 0.15) is 27.0 Å². The van der Waals surface area contributed by atoms with Gasteiger partial charge >= 0.3 is 6.18 Å². The maximum atomic E-state index is 12.9. The van der Waals surface area contributed by atoms with Crippen LogP contribution in [0.25, 0.3) is 0 Å². The number of benzene rings is 2. The lowest BCUT2D eigenvalue weighted by Crippen LogP contribution is -2.09. The number of carbonyl (C=O) groups excluding carboxylic acids is 1. The third-order valence-electron chi connectivity index (χ3n) is 3.03. The summed E-state index contributed by atoms with van der Waals surface area (Å²) in [6.07, 6.45) is -4.41. The van der Waals surface area contributed by atoms with E-state index in [1.54, 1.807) is 13.0 Å². The van der Waals surface area contributed by atoms with Crippen molar-refractivity contribution >= 4 is 6.29 Å². The van der Waals surface area contributed by atoms with Gasteiger partial charge in [-0.1, -0.05) is 12.1 Å². The van der Waals surface area contributed by atoms with Crippen molar-refractivity contribution in [3.63, 3.8) is 0 Å². The van der Waals surface area contributed by atoms with E-state index in [1.807, 2.05) is 19.1 Å². The lowest BCUT2D eigenvalue weighted by atomic mass is 10.1. The van der Waals surface area contributed by atoms with Crippen LogP contribution in [-0.4, -0.2) is 6.29 Å². The summed E-state index contributed by atoms with van der Waals surface area (Å²) in [4.78, 5) is 10.7. The first-order valence-electron chi connectivity index (χ1n) is 6.23. The lowest BCUT2D eigenvalue weighted by molar-refractivity contribution is -0.137. The van der Waals surface area contributed by atoms with Gasteiger partial charge in [-0.15, -0.1) is 0 Å². The van der Waals surface area contributed by atoms with Crippen LogP contribution < -0.4 is 4.74 Å². The molecule has 0 saturated heterocycles. The quantitative estimate of drug-likeness (QED) is 0.750. The summed E-state index contributed by atoms with van der Waals surface area (Å²) in [5, 5.41) is 0. The molecule has 0 aliphatic rings. The molecule has 0 fully saturated rings. The zero-order valence-corrected chi connectivity index (χ0v) is 11.5. The van der Waals surface area contributed by atoms with E-state index in [2.05, 4.69) is 0 Å². The van der Waals surface area contributed by atoms with Crippen LogP contribution in [0.2, 0.25) is 0 Å². The molecule has 2 aromatic carbocycles. The number of rotatable bonds is 3. The highest BCUT2D eigenvalue weighted by atomic mass is 19.4. The van der Waals surface area contributed by atoms with Gasteiger partial charge in [-0.05, 0) is 49.2 Å². The highest BCUT2D eigenvalue weighted by molar-refractivity contribution is 5.78. The van der Waals surface area contributed by atoms with Crippen LogP contribution in [0.15, 0.2) is 36.4 Å². The standard InChI is InChI=1S/C16H13F3O2/c1-10-3-4-11(2)15(7-10)21-13-6-5-12(9-20)14(8-13)16(17,18)19/h3-9H,1-2H3. The Kier molecular flexibility index (Phi) is 4.02. The Labute approximate surface area is 120 Å². The Hall–Kier alpha value is -2.30.